The Morgan fingerprint density at radius 3 is 2.42 bits per heavy atom. The first-order chi connectivity index (χ1) is 12.1. The molecule has 0 atom stereocenters. The van der Waals surface area contributed by atoms with E-state index in [4.69, 9.17) is 23.2 Å². The van der Waals surface area contributed by atoms with Crippen LogP contribution >= 0.6 is 23.2 Å². The zero-order chi connectivity index (χ0) is 19.3. The van der Waals surface area contributed by atoms with E-state index in [1.807, 2.05) is 20.8 Å². The standard InChI is InChI=1S/C19H21Cl2N3O2/c1-19(2,3)24-18(26)12-5-4-6-14(9-12)22-11-17(25)23-16-8-7-13(20)10-15(16)21/h4-10,22H,11H2,1-3H3,(H,23,25)(H,24,26). The third kappa shape index (κ3) is 6.24. The van der Waals surface area contributed by atoms with Gasteiger partial charge in [0.05, 0.1) is 17.3 Å². The van der Waals surface area contributed by atoms with E-state index >= 15 is 0 Å². The molecule has 2 rings (SSSR count). The molecule has 2 aromatic carbocycles. The smallest absolute Gasteiger partial charge is 0.251 e. The molecule has 0 unspecified atom stereocenters. The van der Waals surface area contributed by atoms with Gasteiger partial charge in [-0.2, -0.15) is 0 Å². The minimum Gasteiger partial charge on any atom is -0.376 e. The van der Waals surface area contributed by atoms with Gasteiger partial charge in [-0.15, -0.1) is 0 Å². The summed E-state index contributed by atoms with van der Waals surface area (Å²) in [4.78, 5) is 24.3. The average molecular weight is 394 g/mol. The first-order valence-corrected chi connectivity index (χ1v) is 8.81. The highest BCUT2D eigenvalue weighted by Crippen LogP contribution is 2.25. The zero-order valence-electron chi connectivity index (χ0n) is 14.8. The Morgan fingerprint density at radius 1 is 1.04 bits per heavy atom. The van der Waals surface area contributed by atoms with Crippen molar-refractivity contribution in [1.82, 2.24) is 5.32 Å². The maximum Gasteiger partial charge on any atom is 0.251 e. The van der Waals surface area contributed by atoms with Gasteiger partial charge < -0.3 is 16.0 Å². The molecule has 26 heavy (non-hydrogen) atoms. The molecule has 0 fully saturated rings. The quantitative estimate of drug-likeness (QED) is 0.696. The molecule has 0 saturated heterocycles. The Hall–Kier alpha value is -2.24. The largest absolute Gasteiger partial charge is 0.376 e. The highest BCUT2D eigenvalue weighted by atomic mass is 35.5. The summed E-state index contributed by atoms with van der Waals surface area (Å²) in [6.07, 6.45) is 0. The maximum atomic E-state index is 12.2. The van der Waals surface area contributed by atoms with Gasteiger partial charge in [0.1, 0.15) is 0 Å². The van der Waals surface area contributed by atoms with Crippen LogP contribution in [0.4, 0.5) is 11.4 Å². The Morgan fingerprint density at radius 2 is 1.77 bits per heavy atom. The van der Waals surface area contributed by atoms with E-state index in [2.05, 4.69) is 16.0 Å². The summed E-state index contributed by atoms with van der Waals surface area (Å²) in [5.41, 5.74) is 1.36. The van der Waals surface area contributed by atoms with Crippen LogP contribution in [0.5, 0.6) is 0 Å². The average Bonchev–Trinajstić information content (AvgIpc) is 2.54. The summed E-state index contributed by atoms with van der Waals surface area (Å²) in [5, 5.41) is 9.46. The minimum atomic E-state index is -0.321. The molecule has 0 bridgehead atoms. The third-order valence-electron chi connectivity index (χ3n) is 3.27. The zero-order valence-corrected chi connectivity index (χ0v) is 16.3. The minimum absolute atomic E-state index is 0.0311. The fourth-order valence-corrected chi connectivity index (χ4v) is 2.61. The van der Waals surface area contributed by atoms with E-state index in [9.17, 15) is 9.59 Å². The number of halogens is 2. The summed E-state index contributed by atoms with van der Waals surface area (Å²) >= 11 is 11.9. The van der Waals surface area contributed by atoms with Crippen molar-refractivity contribution in [1.29, 1.82) is 0 Å². The first kappa shape index (κ1) is 20.1. The Labute approximate surface area is 163 Å². The van der Waals surface area contributed by atoms with Gasteiger partial charge in [0.2, 0.25) is 5.91 Å². The fourth-order valence-electron chi connectivity index (χ4n) is 2.15. The number of carbonyl (C=O) groups is 2. The van der Waals surface area contributed by atoms with Crippen molar-refractivity contribution in [2.45, 2.75) is 26.3 Å². The lowest BCUT2D eigenvalue weighted by Crippen LogP contribution is -2.40. The second-order valence-corrected chi connectivity index (χ2v) is 7.65. The van der Waals surface area contributed by atoms with Gasteiger partial charge in [0.15, 0.2) is 0 Å². The van der Waals surface area contributed by atoms with Gasteiger partial charge in [-0.1, -0.05) is 29.3 Å². The molecule has 0 saturated carbocycles. The fraction of sp³-hybridized carbons (Fsp3) is 0.263. The topological polar surface area (TPSA) is 70.2 Å². The van der Waals surface area contributed by atoms with Crippen LogP contribution < -0.4 is 16.0 Å². The molecular formula is C19H21Cl2N3O2. The normalized spacial score (nSPS) is 11.0. The van der Waals surface area contributed by atoms with Gasteiger partial charge >= 0.3 is 0 Å². The summed E-state index contributed by atoms with van der Waals surface area (Å²) in [6, 6.07) is 11.8. The van der Waals surface area contributed by atoms with E-state index < -0.39 is 0 Å². The molecule has 5 nitrogen and oxygen atoms in total. The van der Waals surface area contributed by atoms with Gasteiger partial charge in [0, 0.05) is 21.8 Å². The second kappa shape index (κ2) is 8.43. The van der Waals surface area contributed by atoms with Crippen LogP contribution in [-0.2, 0) is 4.79 Å². The van der Waals surface area contributed by atoms with Crippen LogP contribution in [-0.4, -0.2) is 23.9 Å². The Kier molecular flexibility index (Phi) is 6.51. The molecule has 2 amide bonds. The lowest BCUT2D eigenvalue weighted by molar-refractivity contribution is -0.114. The predicted molar refractivity (Wildman–Crippen MR) is 107 cm³/mol. The molecule has 0 aromatic heterocycles. The number of nitrogens with one attached hydrogen (secondary N) is 3. The number of hydrogen-bond acceptors (Lipinski definition) is 3. The van der Waals surface area contributed by atoms with E-state index in [0.717, 1.165) is 0 Å². The lowest BCUT2D eigenvalue weighted by atomic mass is 10.1. The Bertz CT molecular complexity index is 817. The maximum absolute atomic E-state index is 12.2. The van der Waals surface area contributed by atoms with Crippen molar-refractivity contribution in [2.24, 2.45) is 0 Å². The highest BCUT2D eigenvalue weighted by molar-refractivity contribution is 6.36. The van der Waals surface area contributed by atoms with E-state index in [1.54, 1.807) is 42.5 Å². The van der Waals surface area contributed by atoms with Gasteiger partial charge in [-0.05, 0) is 57.2 Å². The molecule has 2 aromatic rings. The SMILES string of the molecule is CC(C)(C)NC(=O)c1cccc(NCC(=O)Nc2ccc(Cl)cc2Cl)c1. The first-order valence-electron chi connectivity index (χ1n) is 8.05. The van der Waals surface area contributed by atoms with Crippen molar-refractivity contribution in [2.75, 3.05) is 17.2 Å². The summed E-state index contributed by atoms with van der Waals surface area (Å²) in [7, 11) is 0. The van der Waals surface area contributed by atoms with E-state index in [0.29, 0.717) is 27.0 Å². The summed E-state index contributed by atoms with van der Waals surface area (Å²) in [5.74, 6) is -0.433. The molecule has 0 heterocycles. The predicted octanol–water partition coefficient (Wildman–Crippen LogP) is 4.57. The van der Waals surface area contributed by atoms with Crippen molar-refractivity contribution in [3.63, 3.8) is 0 Å². The van der Waals surface area contributed by atoms with Crippen LogP contribution in [0.3, 0.4) is 0 Å². The van der Waals surface area contributed by atoms with Crippen molar-refractivity contribution in [3.05, 3.63) is 58.1 Å². The number of rotatable bonds is 5. The van der Waals surface area contributed by atoms with Crippen molar-refractivity contribution >= 4 is 46.4 Å². The van der Waals surface area contributed by atoms with Gasteiger partial charge in [0.25, 0.3) is 5.91 Å². The molecule has 0 aliphatic heterocycles. The number of amides is 2. The number of benzene rings is 2. The molecule has 0 radical (unpaired) electrons. The van der Waals surface area contributed by atoms with E-state index in [1.165, 1.54) is 0 Å². The molecular weight excluding hydrogens is 373 g/mol. The molecule has 0 aliphatic rings. The molecule has 3 N–H and O–H groups in total. The number of anilines is 2. The molecule has 138 valence electrons. The molecule has 7 heteroatoms. The van der Waals surface area contributed by atoms with Crippen molar-refractivity contribution < 1.29 is 9.59 Å². The van der Waals surface area contributed by atoms with Crippen LogP contribution in [0.15, 0.2) is 42.5 Å². The van der Waals surface area contributed by atoms with Crippen LogP contribution in [0.25, 0.3) is 0 Å². The summed E-state index contributed by atoms with van der Waals surface area (Å²) in [6.45, 7) is 5.78. The third-order valence-corrected chi connectivity index (χ3v) is 3.82. The lowest BCUT2D eigenvalue weighted by Gasteiger charge is -2.20. The second-order valence-electron chi connectivity index (χ2n) is 6.81. The van der Waals surface area contributed by atoms with Gasteiger partial charge in [-0.25, -0.2) is 0 Å². The van der Waals surface area contributed by atoms with Crippen molar-refractivity contribution in [3.8, 4) is 0 Å². The van der Waals surface area contributed by atoms with Crippen LogP contribution in [0.1, 0.15) is 31.1 Å². The Balaban J connectivity index is 1.95. The van der Waals surface area contributed by atoms with Gasteiger partial charge in [-0.3, -0.25) is 9.59 Å². The molecule has 0 aliphatic carbocycles. The highest BCUT2D eigenvalue weighted by Gasteiger charge is 2.15. The van der Waals surface area contributed by atoms with Crippen LogP contribution in [0, 0.1) is 0 Å². The van der Waals surface area contributed by atoms with E-state index in [-0.39, 0.29) is 23.9 Å². The monoisotopic (exact) mass is 393 g/mol. The number of carbonyl (C=O) groups excluding carboxylic acids is 2. The molecule has 0 spiro atoms. The van der Waals surface area contributed by atoms with Crippen LogP contribution in [0.2, 0.25) is 10.0 Å². The number of hydrogen-bond donors (Lipinski definition) is 3. The summed E-state index contributed by atoms with van der Waals surface area (Å²) < 4.78 is 0.